The average Bonchev–Trinajstić information content (AvgIpc) is 2.60. The minimum Gasteiger partial charge on any atom is -0.497 e. The highest BCUT2D eigenvalue weighted by atomic mass is 16.5. The maximum absolute atomic E-state index is 12.3. The van der Waals surface area contributed by atoms with Crippen LogP contribution < -0.4 is 15.6 Å². The Kier molecular flexibility index (Phi) is 4.29. The predicted molar refractivity (Wildman–Crippen MR) is 91.3 cm³/mol. The molecule has 1 amide bonds. The summed E-state index contributed by atoms with van der Waals surface area (Å²) in [5.74, 6) is 0.291. The molecule has 1 aromatic heterocycles. The number of aryl methyl sites for hydroxylation is 1. The number of fused-ring (bicyclic) bond motifs is 1. The number of para-hydroxylation sites is 1. The van der Waals surface area contributed by atoms with E-state index in [9.17, 15) is 9.59 Å². The van der Waals surface area contributed by atoms with Crippen molar-refractivity contribution < 1.29 is 9.53 Å². The molecule has 1 heterocycles. The van der Waals surface area contributed by atoms with Gasteiger partial charge in [-0.25, -0.2) is 4.98 Å². The Morgan fingerprint density at radius 2 is 2.04 bits per heavy atom. The molecule has 6 heteroatoms. The van der Waals surface area contributed by atoms with Gasteiger partial charge in [-0.15, -0.1) is 0 Å². The van der Waals surface area contributed by atoms with Gasteiger partial charge in [0.25, 0.3) is 11.5 Å². The highest BCUT2D eigenvalue weighted by molar-refractivity contribution is 5.93. The summed E-state index contributed by atoms with van der Waals surface area (Å²) in [5.41, 5.74) is 1.95. The highest BCUT2D eigenvalue weighted by Gasteiger charge is 2.12. The van der Waals surface area contributed by atoms with Gasteiger partial charge in [-0.1, -0.05) is 24.3 Å². The van der Waals surface area contributed by atoms with E-state index in [0.717, 1.165) is 16.9 Å². The largest absolute Gasteiger partial charge is 0.497 e. The summed E-state index contributed by atoms with van der Waals surface area (Å²) in [6.07, 6.45) is 0. The lowest BCUT2D eigenvalue weighted by Crippen LogP contribution is -2.27. The Bertz CT molecular complexity index is 963. The van der Waals surface area contributed by atoms with Crippen LogP contribution in [-0.4, -0.2) is 23.0 Å². The number of carbonyl (C=O) groups is 1. The van der Waals surface area contributed by atoms with Crippen molar-refractivity contribution in [3.63, 3.8) is 0 Å². The molecule has 0 saturated carbocycles. The van der Waals surface area contributed by atoms with Gasteiger partial charge in [-0.05, 0) is 36.2 Å². The molecule has 0 atom stereocenters. The van der Waals surface area contributed by atoms with Gasteiger partial charge in [-0.3, -0.25) is 9.59 Å². The molecular formula is C18H17N3O3. The van der Waals surface area contributed by atoms with Crippen LogP contribution in [0, 0.1) is 6.92 Å². The zero-order valence-corrected chi connectivity index (χ0v) is 13.4. The molecule has 0 bridgehead atoms. The molecule has 0 aliphatic heterocycles. The van der Waals surface area contributed by atoms with Crippen LogP contribution in [-0.2, 0) is 6.54 Å². The van der Waals surface area contributed by atoms with Crippen molar-refractivity contribution in [3.05, 3.63) is 69.8 Å². The standard InChI is InChI=1S/C18H17N3O3/c1-11-5-3-8-14-15(11)20-16(21-17(14)22)18(23)19-10-12-6-4-7-13(9-12)24-2/h3-9H,10H2,1-2H3,(H,19,23)(H,20,21,22). The lowest BCUT2D eigenvalue weighted by Gasteiger charge is -2.07. The normalized spacial score (nSPS) is 10.6. The van der Waals surface area contributed by atoms with Gasteiger partial charge in [0.05, 0.1) is 18.0 Å². The molecule has 6 nitrogen and oxygen atoms in total. The number of benzene rings is 2. The fourth-order valence-electron chi connectivity index (χ4n) is 2.46. The van der Waals surface area contributed by atoms with Crippen molar-refractivity contribution in [2.75, 3.05) is 7.11 Å². The summed E-state index contributed by atoms with van der Waals surface area (Å²) in [6, 6.07) is 12.7. The second kappa shape index (κ2) is 6.54. The van der Waals surface area contributed by atoms with Crippen molar-refractivity contribution in [1.82, 2.24) is 15.3 Å². The number of rotatable bonds is 4. The molecule has 0 spiro atoms. The van der Waals surface area contributed by atoms with Crippen molar-refractivity contribution >= 4 is 16.8 Å². The summed E-state index contributed by atoms with van der Waals surface area (Å²) in [6.45, 7) is 2.16. The van der Waals surface area contributed by atoms with Gasteiger partial charge in [0.2, 0.25) is 0 Å². The van der Waals surface area contributed by atoms with E-state index in [1.54, 1.807) is 19.2 Å². The number of nitrogens with one attached hydrogen (secondary N) is 2. The van der Waals surface area contributed by atoms with Crippen LogP contribution in [0.3, 0.4) is 0 Å². The average molecular weight is 323 g/mol. The number of hydrogen-bond acceptors (Lipinski definition) is 4. The Hall–Kier alpha value is -3.15. The summed E-state index contributed by atoms with van der Waals surface area (Å²) in [5, 5.41) is 3.22. The molecule has 2 N–H and O–H groups in total. The zero-order chi connectivity index (χ0) is 17.1. The van der Waals surface area contributed by atoms with E-state index >= 15 is 0 Å². The highest BCUT2D eigenvalue weighted by Crippen LogP contribution is 2.13. The van der Waals surface area contributed by atoms with Gasteiger partial charge in [0.15, 0.2) is 5.82 Å². The molecule has 3 aromatic rings. The van der Waals surface area contributed by atoms with Crippen LogP contribution >= 0.6 is 0 Å². The first-order chi connectivity index (χ1) is 11.6. The Morgan fingerprint density at radius 3 is 2.83 bits per heavy atom. The molecule has 2 aromatic carbocycles. The van der Waals surface area contributed by atoms with Gasteiger partial charge in [0, 0.05) is 6.54 Å². The number of H-pyrrole nitrogens is 1. The molecule has 0 radical (unpaired) electrons. The van der Waals surface area contributed by atoms with E-state index in [1.165, 1.54) is 0 Å². The van der Waals surface area contributed by atoms with Crippen molar-refractivity contribution in [2.24, 2.45) is 0 Å². The van der Waals surface area contributed by atoms with Gasteiger partial charge in [-0.2, -0.15) is 0 Å². The number of nitrogens with zero attached hydrogens (tertiary/aromatic N) is 1. The zero-order valence-electron chi connectivity index (χ0n) is 13.4. The molecule has 0 aliphatic carbocycles. The third-order valence-corrected chi connectivity index (χ3v) is 3.74. The topological polar surface area (TPSA) is 84.1 Å². The maximum Gasteiger partial charge on any atom is 0.287 e. The number of aromatic nitrogens is 2. The van der Waals surface area contributed by atoms with Gasteiger partial charge < -0.3 is 15.0 Å². The van der Waals surface area contributed by atoms with Crippen LogP contribution in [0.2, 0.25) is 0 Å². The first-order valence-corrected chi connectivity index (χ1v) is 7.49. The Balaban J connectivity index is 1.83. The molecule has 0 fully saturated rings. The number of aromatic amines is 1. The summed E-state index contributed by atoms with van der Waals surface area (Å²) < 4.78 is 5.15. The lowest BCUT2D eigenvalue weighted by atomic mass is 10.1. The van der Waals surface area contributed by atoms with Crippen LogP contribution in [0.1, 0.15) is 21.7 Å². The first-order valence-electron chi connectivity index (χ1n) is 7.49. The van der Waals surface area contributed by atoms with E-state index < -0.39 is 5.91 Å². The van der Waals surface area contributed by atoms with Crippen LogP contribution in [0.4, 0.5) is 0 Å². The maximum atomic E-state index is 12.3. The summed E-state index contributed by atoms with van der Waals surface area (Å²) in [7, 11) is 1.59. The minimum absolute atomic E-state index is 0.00435. The molecular weight excluding hydrogens is 306 g/mol. The number of carbonyl (C=O) groups excluding carboxylic acids is 1. The van der Waals surface area contributed by atoms with Gasteiger partial charge >= 0.3 is 0 Å². The third kappa shape index (κ3) is 3.12. The molecule has 0 unspecified atom stereocenters. The minimum atomic E-state index is -0.430. The second-order valence-electron chi connectivity index (χ2n) is 5.42. The fraction of sp³-hybridized carbons (Fsp3) is 0.167. The fourth-order valence-corrected chi connectivity index (χ4v) is 2.46. The quantitative estimate of drug-likeness (QED) is 0.771. The van der Waals surface area contributed by atoms with E-state index in [2.05, 4.69) is 15.3 Å². The predicted octanol–water partition coefficient (Wildman–Crippen LogP) is 2.17. The van der Waals surface area contributed by atoms with Crippen molar-refractivity contribution in [1.29, 1.82) is 0 Å². The smallest absolute Gasteiger partial charge is 0.287 e. The molecule has 0 aliphatic rings. The second-order valence-corrected chi connectivity index (χ2v) is 5.42. The van der Waals surface area contributed by atoms with Gasteiger partial charge in [0.1, 0.15) is 5.75 Å². The van der Waals surface area contributed by atoms with E-state index in [-0.39, 0.29) is 11.4 Å². The SMILES string of the molecule is COc1cccc(CNC(=O)c2nc3c(C)cccc3c(=O)[nH]2)c1. The number of hydrogen-bond donors (Lipinski definition) is 2. The number of methoxy groups -OCH3 is 1. The Morgan fingerprint density at radius 1 is 1.25 bits per heavy atom. The molecule has 3 rings (SSSR count). The van der Waals surface area contributed by atoms with E-state index in [0.29, 0.717) is 17.4 Å². The first kappa shape index (κ1) is 15.7. The summed E-state index contributed by atoms with van der Waals surface area (Å²) >= 11 is 0. The van der Waals surface area contributed by atoms with Crippen LogP contribution in [0.15, 0.2) is 47.3 Å². The lowest BCUT2D eigenvalue weighted by molar-refractivity contribution is 0.0940. The van der Waals surface area contributed by atoms with Crippen molar-refractivity contribution in [2.45, 2.75) is 13.5 Å². The molecule has 122 valence electrons. The molecule has 0 saturated heterocycles. The Labute approximate surface area is 138 Å². The third-order valence-electron chi connectivity index (χ3n) is 3.74. The van der Waals surface area contributed by atoms with E-state index in [1.807, 2.05) is 37.3 Å². The van der Waals surface area contributed by atoms with E-state index in [4.69, 9.17) is 4.74 Å². The van der Waals surface area contributed by atoms with Crippen molar-refractivity contribution in [3.8, 4) is 5.75 Å². The van der Waals surface area contributed by atoms with Crippen LogP contribution in [0.25, 0.3) is 10.9 Å². The molecule has 24 heavy (non-hydrogen) atoms. The van der Waals surface area contributed by atoms with Crippen LogP contribution in [0.5, 0.6) is 5.75 Å². The summed E-state index contributed by atoms with van der Waals surface area (Å²) in [4.78, 5) is 31.2. The monoisotopic (exact) mass is 323 g/mol. The number of amides is 1. The number of ether oxygens (including phenoxy) is 1.